The van der Waals surface area contributed by atoms with Gasteiger partial charge in [-0.15, -0.1) is 0 Å². The number of nitrogens with zero attached hydrogens (tertiary/aromatic N) is 2. The van der Waals surface area contributed by atoms with Crippen LogP contribution in [0.3, 0.4) is 0 Å². The lowest BCUT2D eigenvalue weighted by atomic mass is 10.1. The number of aldehydes is 1. The van der Waals surface area contributed by atoms with E-state index in [1.165, 1.54) is 0 Å². The quantitative estimate of drug-likeness (QED) is 0.0223. The van der Waals surface area contributed by atoms with E-state index in [4.69, 9.17) is 11.5 Å². The summed E-state index contributed by atoms with van der Waals surface area (Å²) in [6.07, 6.45) is 1.09. The van der Waals surface area contributed by atoms with Gasteiger partial charge in [0.25, 0.3) is 0 Å². The molecule has 2 aromatic rings. The minimum atomic E-state index is -4.37. The Morgan fingerprint density at radius 1 is 0.957 bits per heavy atom. The molecule has 0 fully saturated rings. The molecule has 0 aliphatic rings. The van der Waals surface area contributed by atoms with Crippen molar-refractivity contribution in [2.24, 2.45) is 16.5 Å². The van der Waals surface area contributed by atoms with Crippen LogP contribution in [0.2, 0.25) is 0 Å². The first-order valence-corrected chi connectivity index (χ1v) is 19.4. The number of amides is 3. The van der Waals surface area contributed by atoms with Gasteiger partial charge in [0.15, 0.2) is 15.8 Å². The molecule has 0 spiro atoms. The Labute approximate surface area is 288 Å². The van der Waals surface area contributed by atoms with Crippen LogP contribution in [0.4, 0.5) is 0 Å². The number of alkyl halides is 1. The Balaban J connectivity index is 2.21. The van der Waals surface area contributed by atoms with Crippen molar-refractivity contribution in [2.75, 3.05) is 29.1 Å². The number of sulfonamides is 1. The van der Waals surface area contributed by atoms with Crippen molar-refractivity contribution in [3.05, 3.63) is 71.8 Å². The van der Waals surface area contributed by atoms with E-state index in [2.05, 4.69) is 20.3 Å². The fourth-order valence-corrected chi connectivity index (χ4v) is 7.70. The summed E-state index contributed by atoms with van der Waals surface area (Å²) in [7, 11) is -8.66. The summed E-state index contributed by atoms with van der Waals surface area (Å²) in [4.78, 5) is 55.4. The summed E-state index contributed by atoms with van der Waals surface area (Å²) < 4.78 is 54.6. The molecule has 15 nitrogen and oxygen atoms in total. The molecule has 2 aromatic carbocycles. The van der Waals surface area contributed by atoms with Crippen LogP contribution in [0.15, 0.2) is 65.7 Å². The van der Waals surface area contributed by atoms with Crippen LogP contribution < -0.4 is 26.8 Å². The third-order valence-electron chi connectivity index (χ3n) is 6.54. The fraction of sp³-hybridized carbons (Fsp3) is 0.414. The van der Waals surface area contributed by atoms with Crippen molar-refractivity contribution in [3.8, 4) is 0 Å². The lowest BCUT2D eigenvalue weighted by Gasteiger charge is -2.26. The van der Waals surface area contributed by atoms with Gasteiger partial charge in [-0.2, -0.15) is 0 Å². The Morgan fingerprint density at radius 3 is 2.15 bits per heavy atom. The molecule has 0 aliphatic heterocycles. The summed E-state index contributed by atoms with van der Waals surface area (Å²) in [6, 6.07) is 13.6. The maximum Gasteiger partial charge on any atom is 0.242 e. The van der Waals surface area contributed by atoms with Gasteiger partial charge in [0, 0.05) is 6.54 Å². The highest BCUT2D eigenvalue weighted by atomic mass is 127. The Bertz CT molecular complexity index is 1590. The van der Waals surface area contributed by atoms with Crippen LogP contribution in [0.25, 0.3) is 0 Å². The van der Waals surface area contributed by atoms with Gasteiger partial charge in [-0.1, -0.05) is 83.3 Å². The van der Waals surface area contributed by atoms with E-state index >= 15 is 0 Å². The van der Waals surface area contributed by atoms with Crippen molar-refractivity contribution < 1.29 is 36.0 Å². The highest BCUT2D eigenvalue weighted by molar-refractivity contribution is 14.1. The molecule has 3 amide bonds. The van der Waals surface area contributed by atoms with Crippen molar-refractivity contribution in [1.29, 1.82) is 0 Å². The number of hydrogen-bond acceptors (Lipinski definition) is 9. The van der Waals surface area contributed by atoms with E-state index in [0.717, 1.165) is 10.5 Å². The number of benzene rings is 2. The maximum absolute atomic E-state index is 13.6. The Kier molecular flexibility index (Phi) is 16.2. The first-order chi connectivity index (χ1) is 22.1. The summed E-state index contributed by atoms with van der Waals surface area (Å²) >= 11 is 1.77. The zero-order valence-corrected chi connectivity index (χ0v) is 29.5. The maximum atomic E-state index is 13.6. The van der Waals surface area contributed by atoms with Crippen molar-refractivity contribution >= 4 is 72.4 Å². The molecule has 0 aliphatic carbocycles. The molecular formula is C29H40IN7O8S2. The molecule has 2 unspecified atom stereocenters. The molecule has 0 saturated carbocycles. The van der Waals surface area contributed by atoms with Crippen molar-refractivity contribution in [3.63, 3.8) is 0 Å². The number of hydrogen-bond donors (Lipinski definition) is 5. The first kappa shape index (κ1) is 39.6. The molecule has 0 heterocycles. The largest absolute Gasteiger partial charge is 0.370 e. The lowest BCUT2D eigenvalue weighted by molar-refractivity contribution is -0.136. The molecule has 7 N–H and O–H groups in total. The van der Waals surface area contributed by atoms with Gasteiger partial charge in [-0.05, 0) is 30.9 Å². The molecule has 0 radical (unpaired) electrons. The molecule has 0 bridgehead atoms. The highest BCUT2D eigenvalue weighted by Gasteiger charge is 2.34. The van der Waals surface area contributed by atoms with Crippen LogP contribution in [0, 0.1) is 0 Å². The number of halogens is 1. The molecule has 3 atom stereocenters. The zero-order chi connectivity index (χ0) is 35.0. The number of carbonyl (C=O) groups is 4. The van der Waals surface area contributed by atoms with Crippen LogP contribution in [-0.4, -0.2) is 92.9 Å². The number of sulfone groups is 1. The third-order valence-corrected chi connectivity index (χ3v) is 10.3. The minimum absolute atomic E-state index is 0.119. The van der Waals surface area contributed by atoms with E-state index in [9.17, 15) is 36.0 Å². The number of nitrogens with one attached hydrogen (secondary N) is 3. The predicted octanol–water partition coefficient (Wildman–Crippen LogP) is -0.275. The van der Waals surface area contributed by atoms with Gasteiger partial charge in [-0.3, -0.25) is 19.4 Å². The van der Waals surface area contributed by atoms with Gasteiger partial charge in [0.05, 0.1) is 28.1 Å². The monoisotopic (exact) mass is 805 g/mol. The number of rotatable bonds is 20. The number of carbonyl (C=O) groups excluding carboxylic acids is 4. The fourth-order valence-electron chi connectivity index (χ4n) is 4.35. The van der Waals surface area contributed by atoms with E-state index < -0.39 is 79.5 Å². The van der Waals surface area contributed by atoms with Crippen LogP contribution in [-0.2, 0) is 44.8 Å². The zero-order valence-electron chi connectivity index (χ0n) is 25.7. The van der Waals surface area contributed by atoms with Gasteiger partial charge < -0.3 is 31.8 Å². The predicted molar refractivity (Wildman–Crippen MR) is 186 cm³/mol. The molecule has 0 saturated heterocycles. The van der Waals surface area contributed by atoms with E-state index in [-0.39, 0.29) is 23.5 Å². The van der Waals surface area contributed by atoms with Gasteiger partial charge in [0.2, 0.25) is 27.7 Å². The summed E-state index contributed by atoms with van der Waals surface area (Å²) in [5, 5.41) is 5.06. The Morgan fingerprint density at radius 2 is 1.57 bits per heavy atom. The second kappa shape index (κ2) is 19.3. The summed E-state index contributed by atoms with van der Waals surface area (Å²) in [5.41, 5.74) is 11.7. The Hall–Kier alpha value is -3.62. The standard InChI is InChI=1S/C29H40IN7O8S2/c1-21(23-11-6-3-7-12-23)34-27(40)19-46(42,43)18-25(36-47(44,45)17-22-9-4-2-5-10-22)28(41)37(20-30)15-26(39)35-24(16-38)13-8-14-33-29(31)32/h2-7,9-12,16,21,24-25,36H,8,13-15,17-20H2,1H3,(H,34,40)(H,35,39)(H4,31,32,33)/t21-,24?,25?/m1/s1. The summed E-state index contributed by atoms with van der Waals surface area (Å²) in [5.74, 6) is -5.34. The SMILES string of the molecule is C[C@@H](NC(=O)CS(=O)(=O)CC(NS(=O)(=O)Cc1ccccc1)C(=O)N(CI)CC(=O)NC(C=O)CCCN=C(N)N)c1ccccc1. The molecule has 0 aromatic heterocycles. The summed E-state index contributed by atoms with van der Waals surface area (Å²) in [6.45, 7) is 1.29. The van der Waals surface area contributed by atoms with Crippen LogP contribution in [0.5, 0.6) is 0 Å². The van der Waals surface area contributed by atoms with Gasteiger partial charge in [-0.25, -0.2) is 21.6 Å². The van der Waals surface area contributed by atoms with Crippen molar-refractivity contribution in [2.45, 2.75) is 43.6 Å². The number of aliphatic imine (C=N–C) groups is 1. The molecular weight excluding hydrogens is 765 g/mol. The van der Waals surface area contributed by atoms with E-state index in [1.54, 1.807) is 90.2 Å². The highest BCUT2D eigenvalue weighted by Crippen LogP contribution is 2.13. The van der Waals surface area contributed by atoms with Crippen LogP contribution in [0.1, 0.15) is 36.9 Å². The first-order valence-electron chi connectivity index (χ1n) is 14.4. The van der Waals surface area contributed by atoms with Gasteiger partial charge >= 0.3 is 0 Å². The van der Waals surface area contributed by atoms with E-state index in [1.807, 2.05) is 0 Å². The van der Waals surface area contributed by atoms with Crippen molar-refractivity contribution in [1.82, 2.24) is 20.3 Å². The smallest absolute Gasteiger partial charge is 0.242 e. The van der Waals surface area contributed by atoms with E-state index in [0.29, 0.717) is 18.3 Å². The second-order valence-corrected chi connectivity index (χ2v) is 15.1. The lowest BCUT2D eigenvalue weighted by Crippen LogP contribution is -2.54. The number of guanidine groups is 1. The topological polar surface area (TPSA) is 240 Å². The minimum Gasteiger partial charge on any atom is -0.370 e. The second-order valence-electron chi connectivity index (χ2n) is 10.6. The third kappa shape index (κ3) is 15.2. The average molecular weight is 806 g/mol. The average Bonchev–Trinajstić information content (AvgIpc) is 3.00. The molecule has 18 heteroatoms. The van der Waals surface area contributed by atoms with Crippen LogP contribution >= 0.6 is 22.6 Å². The van der Waals surface area contributed by atoms with Gasteiger partial charge in [0.1, 0.15) is 24.6 Å². The number of nitrogens with two attached hydrogens (primary N) is 2. The molecule has 2 rings (SSSR count). The normalized spacial score (nSPS) is 13.4. The molecule has 258 valence electrons. The molecule has 47 heavy (non-hydrogen) atoms.